The maximum absolute atomic E-state index is 13.0. The van der Waals surface area contributed by atoms with Crippen molar-refractivity contribution >= 4 is 39.1 Å². The summed E-state index contributed by atoms with van der Waals surface area (Å²) < 4.78 is 0.821. The number of carboxylic acid groups (broad SMARTS) is 1. The minimum atomic E-state index is -0.935. The van der Waals surface area contributed by atoms with Crippen molar-refractivity contribution in [2.45, 2.75) is 13.0 Å². The summed E-state index contributed by atoms with van der Waals surface area (Å²) in [6.07, 6.45) is 1.44. The molecule has 1 unspecified atom stereocenters. The first-order valence-electron chi connectivity index (χ1n) is 8.62. The molecule has 0 saturated carbocycles. The molecule has 1 aliphatic rings. The Labute approximate surface area is 159 Å². The monoisotopic (exact) mass is 382 g/mol. The Hall–Kier alpha value is -3.00. The third-order valence-corrected chi connectivity index (χ3v) is 5.72. The van der Waals surface area contributed by atoms with Gasteiger partial charge in [-0.05, 0) is 42.6 Å². The molecular formula is C19H18N4O3S. The molecule has 1 fully saturated rings. The topological polar surface area (TPSA) is 86.6 Å². The number of aromatic carboxylic acids is 1. The highest BCUT2D eigenvalue weighted by atomic mass is 32.1. The number of nitrogens with zero attached hydrogens (tertiary/aromatic N) is 4. The molecule has 27 heavy (non-hydrogen) atoms. The summed E-state index contributed by atoms with van der Waals surface area (Å²) in [6, 6.07) is 8.74. The van der Waals surface area contributed by atoms with Crippen LogP contribution in [0.25, 0.3) is 10.2 Å². The Balaban J connectivity index is 1.51. The summed E-state index contributed by atoms with van der Waals surface area (Å²) in [5.74, 6) is -1.01. The van der Waals surface area contributed by atoms with E-state index in [1.165, 1.54) is 17.7 Å². The van der Waals surface area contributed by atoms with Gasteiger partial charge in [-0.2, -0.15) is 0 Å². The first kappa shape index (κ1) is 17.4. The summed E-state index contributed by atoms with van der Waals surface area (Å²) in [7, 11) is 0. The fourth-order valence-corrected chi connectivity index (χ4v) is 4.21. The molecule has 0 radical (unpaired) electrons. The third-order valence-electron chi connectivity index (χ3n) is 4.81. The molecule has 2 aromatic heterocycles. The van der Waals surface area contributed by atoms with E-state index in [1.807, 2.05) is 35.4 Å². The molecule has 1 N–H and O–H groups in total. The van der Waals surface area contributed by atoms with Crippen LogP contribution in [-0.4, -0.2) is 57.5 Å². The van der Waals surface area contributed by atoms with Crippen molar-refractivity contribution in [1.82, 2.24) is 14.9 Å². The van der Waals surface area contributed by atoms with E-state index in [9.17, 15) is 9.59 Å². The molecule has 3 heterocycles. The Kier molecular flexibility index (Phi) is 4.49. The molecule has 1 aromatic carbocycles. The van der Waals surface area contributed by atoms with Gasteiger partial charge < -0.3 is 14.9 Å². The Morgan fingerprint density at radius 3 is 2.63 bits per heavy atom. The van der Waals surface area contributed by atoms with Gasteiger partial charge >= 0.3 is 5.97 Å². The predicted octanol–water partition coefficient (Wildman–Crippen LogP) is 2.74. The average Bonchev–Trinajstić information content (AvgIpc) is 3.16. The van der Waals surface area contributed by atoms with Crippen LogP contribution >= 0.6 is 11.3 Å². The van der Waals surface area contributed by atoms with Crippen molar-refractivity contribution in [3.05, 3.63) is 53.3 Å². The van der Waals surface area contributed by atoms with E-state index in [-0.39, 0.29) is 17.5 Å². The van der Waals surface area contributed by atoms with E-state index in [0.29, 0.717) is 25.3 Å². The normalized spacial score (nSPS) is 17.3. The SMILES string of the molecule is CC1CN(c2ccc(C(=O)O)cc2)CCN1C(=O)c1ncnc2ccsc12. The zero-order valence-electron chi connectivity index (χ0n) is 14.7. The van der Waals surface area contributed by atoms with Gasteiger partial charge in [-0.1, -0.05) is 0 Å². The zero-order valence-corrected chi connectivity index (χ0v) is 15.5. The molecule has 0 bridgehead atoms. The lowest BCUT2D eigenvalue weighted by molar-refractivity contribution is 0.0666. The lowest BCUT2D eigenvalue weighted by Gasteiger charge is -2.40. The van der Waals surface area contributed by atoms with Crippen LogP contribution in [0.1, 0.15) is 27.8 Å². The van der Waals surface area contributed by atoms with E-state index in [2.05, 4.69) is 14.9 Å². The number of aromatic nitrogens is 2. The van der Waals surface area contributed by atoms with Crippen LogP contribution in [0.15, 0.2) is 42.0 Å². The highest BCUT2D eigenvalue weighted by Crippen LogP contribution is 2.25. The van der Waals surface area contributed by atoms with Crippen molar-refractivity contribution in [3.8, 4) is 0 Å². The van der Waals surface area contributed by atoms with Gasteiger partial charge in [0.25, 0.3) is 5.91 Å². The minimum absolute atomic E-state index is 0.00961. The first-order valence-corrected chi connectivity index (χ1v) is 9.50. The Morgan fingerprint density at radius 1 is 1.15 bits per heavy atom. The number of carbonyl (C=O) groups excluding carboxylic acids is 1. The fraction of sp³-hybridized carbons (Fsp3) is 0.263. The summed E-state index contributed by atoms with van der Waals surface area (Å²) in [4.78, 5) is 36.5. The molecular weight excluding hydrogens is 364 g/mol. The smallest absolute Gasteiger partial charge is 0.335 e. The second-order valence-electron chi connectivity index (χ2n) is 6.50. The molecule has 3 aromatic rings. The Morgan fingerprint density at radius 2 is 1.93 bits per heavy atom. The lowest BCUT2D eigenvalue weighted by Crippen LogP contribution is -2.54. The number of hydrogen-bond acceptors (Lipinski definition) is 6. The van der Waals surface area contributed by atoms with E-state index in [1.54, 1.807) is 12.1 Å². The van der Waals surface area contributed by atoms with Crippen molar-refractivity contribution in [3.63, 3.8) is 0 Å². The summed E-state index contributed by atoms with van der Waals surface area (Å²) >= 11 is 1.48. The van der Waals surface area contributed by atoms with Gasteiger partial charge in [0, 0.05) is 31.4 Å². The fourth-order valence-electron chi connectivity index (χ4n) is 3.39. The first-order chi connectivity index (χ1) is 13.0. The number of rotatable bonds is 3. The number of carbonyl (C=O) groups is 2. The molecule has 1 amide bonds. The number of thiophene rings is 1. The summed E-state index contributed by atoms with van der Waals surface area (Å²) in [6.45, 7) is 3.96. The van der Waals surface area contributed by atoms with Crippen molar-refractivity contribution in [2.75, 3.05) is 24.5 Å². The maximum Gasteiger partial charge on any atom is 0.335 e. The van der Waals surface area contributed by atoms with Gasteiger partial charge in [-0.25, -0.2) is 14.8 Å². The molecule has 1 saturated heterocycles. The van der Waals surface area contributed by atoms with Crippen LogP contribution in [0.3, 0.4) is 0 Å². The number of piperazine rings is 1. The van der Waals surface area contributed by atoms with Gasteiger partial charge in [0.2, 0.25) is 0 Å². The molecule has 0 aliphatic carbocycles. The Bertz CT molecular complexity index is 1000. The largest absolute Gasteiger partial charge is 0.478 e. The van der Waals surface area contributed by atoms with E-state index in [0.717, 1.165) is 15.9 Å². The second kappa shape index (κ2) is 6.96. The van der Waals surface area contributed by atoms with Crippen molar-refractivity contribution in [1.29, 1.82) is 0 Å². The lowest BCUT2D eigenvalue weighted by atomic mass is 10.1. The molecule has 138 valence electrons. The van der Waals surface area contributed by atoms with Crippen LogP contribution in [0.4, 0.5) is 5.69 Å². The summed E-state index contributed by atoms with van der Waals surface area (Å²) in [5.41, 5.74) is 2.48. The standard InChI is InChI=1S/C19H18N4O3S/c1-12-10-22(14-4-2-13(3-5-14)19(25)26)7-8-23(12)18(24)16-17-15(6-9-27-17)20-11-21-16/h2-6,9,11-12H,7-8,10H2,1H3,(H,25,26). The number of benzene rings is 1. The third kappa shape index (κ3) is 3.23. The van der Waals surface area contributed by atoms with Crippen LogP contribution in [0, 0.1) is 0 Å². The molecule has 1 atom stereocenters. The maximum atomic E-state index is 13.0. The number of carboxylic acids is 1. The van der Waals surface area contributed by atoms with Crippen molar-refractivity contribution in [2.24, 2.45) is 0 Å². The van der Waals surface area contributed by atoms with E-state index < -0.39 is 5.97 Å². The van der Waals surface area contributed by atoms with Gasteiger partial charge in [-0.15, -0.1) is 11.3 Å². The van der Waals surface area contributed by atoms with E-state index >= 15 is 0 Å². The van der Waals surface area contributed by atoms with Crippen LogP contribution in [0.5, 0.6) is 0 Å². The molecule has 8 heteroatoms. The zero-order chi connectivity index (χ0) is 19.0. The van der Waals surface area contributed by atoms with Gasteiger partial charge in [0.05, 0.1) is 15.8 Å². The summed E-state index contributed by atoms with van der Waals surface area (Å²) in [5, 5.41) is 10.9. The molecule has 0 spiro atoms. The number of anilines is 1. The van der Waals surface area contributed by atoms with Gasteiger partial charge in [0.1, 0.15) is 12.0 Å². The minimum Gasteiger partial charge on any atom is -0.478 e. The number of amides is 1. The van der Waals surface area contributed by atoms with E-state index in [4.69, 9.17) is 5.11 Å². The second-order valence-corrected chi connectivity index (χ2v) is 7.42. The van der Waals surface area contributed by atoms with Gasteiger partial charge in [-0.3, -0.25) is 4.79 Å². The van der Waals surface area contributed by atoms with Crippen molar-refractivity contribution < 1.29 is 14.7 Å². The van der Waals surface area contributed by atoms with Crippen LogP contribution in [-0.2, 0) is 0 Å². The highest BCUT2D eigenvalue weighted by molar-refractivity contribution is 7.17. The highest BCUT2D eigenvalue weighted by Gasteiger charge is 2.30. The van der Waals surface area contributed by atoms with Crippen LogP contribution < -0.4 is 4.90 Å². The average molecular weight is 382 g/mol. The molecule has 7 nitrogen and oxygen atoms in total. The molecule has 1 aliphatic heterocycles. The van der Waals surface area contributed by atoms with Crippen LogP contribution in [0.2, 0.25) is 0 Å². The number of hydrogen-bond donors (Lipinski definition) is 1. The quantitative estimate of drug-likeness (QED) is 0.750. The number of fused-ring (bicyclic) bond motifs is 1. The van der Waals surface area contributed by atoms with Gasteiger partial charge in [0.15, 0.2) is 0 Å². The predicted molar refractivity (Wildman–Crippen MR) is 104 cm³/mol. The molecule has 4 rings (SSSR count).